The number of carbonyl (C=O) groups excluding carboxylic acids is 3. The number of piperidine rings is 1. The van der Waals surface area contributed by atoms with Crippen LogP contribution in [-0.4, -0.2) is 58.3 Å². The number of aromatic nitrogens is 1. The molecule has 0 unspecified atom stereocenters. The largest absolute Gasteiger partial charge is 0.361 e. The van der Waals surface area contributed by atoms with Crippen molar-refractivity contribution >= 4 is 28.7 Å². The summed E-state index contributed by atoms with van der Waals surface area (Å²) in [5.74, 6) is -0.244. The molecular weight excluding hydrogens is 308 g/mol. The van der Waals surface area contributed by atoms with Crippen LogP contribution < -0.4 is 5.32 Å². The van der Waals surface area contributed by atoms with Gasteiger partial charge in [-0.3, -0.25) is 14.5 Å². The predicted octanol–water partition coefficient (Wildman–Crippen LogP) is 1.32. The standard InChI is InChI=1S/C17H18N4O3/c1-20-15(23)17(19-16(20)24)5-8-21(9-6-17)14(22)12-2-3-13-11(10-12)4-7-18-13/h2-4,7,10,18H,5-6,8-9H2,1H3,(H,19,24). The molecule has 3 heterocycles. The zero-order chi connectivity index (χ0) is 16.9. The van der Waals surface area contributed by atoms with E-state index in [1.54, 1.807) is 4.90 Å². The highest BCUT2D eigenvalue weighted by Crippen LogP contribution is 2.29. The van der Waals surface area contributed by atoms with Gasteiger partial charge in [0, 0.05) is 42.8 Å². The van der Waals surface area contributed by atoms with Crippen molar-refractivity contribution < 1.29 is 14.4 Å². The van der Waals surface area contributed by atoms with Gasteiger partial charge in [-0.2, -0.15) is 0 Å². The highest BCUT2D eigenvalue weighted by Gasteiger charge is 2.51. The van der Waals surface area contributed by atoms with Crippen molar-refractivity contribution in [2.75, 3.05) is 20.1 Å². The van der Waals surface area contributed by atoms with E-state index >= 15 is 0 Å². The highest BCUT2D eigenvalue weighted by atomic mass is 16.2. The second kappa shape index (κ2) is 5.09. The van der Waals surface area contributed by atoms with Crippen LogP contribution in [0.5, 0.6) is 0 Å². The summed E-state index contributed by atoms with van der Waals surface area (Å²) < 4.78 is 0. The molecule has 0 radical (unpaired) electrons. The fraction of sp³-hybridized carbons (Fsp3) is 0.353. The molecule has 2 fully saturated rings. The maximum atomic E-state index is 12.7. The number of rotatable bonds is 1. The Balaban J connectivity index is 1.50. The maximum absolute atomic E-state index is 12.7. The van der Waals surface area contributed by atoms with Gasteiger partial charge in [-0.1, -0.05) is 0 Å². The Morgan fingerprint density at radius 3 is 2.58 bits per heavy atom. The first-order chi connectivity index (χ1) is 11.5. The number of hydrogen-bond donors (Lipinski definition) is 2. The first-order valence-corrected chi connectivity index (χ1v) is 7.97. The quantitative estimate of drug-likeness (QED) is 0.775. The lowest BCUT2D eigenvalue weighted by molar-refractivity contribution is -0.131. The van der Waals surface area contributed by atoms with Crippen molar-refractivity contribution in [2.24, 2.45) is 0 Å². The first kappa shape index (κ1) is 14.7. The van der Waals surface area contributed by atoms with E-state index in [1.165, 1.54) is 7.05 Å². The minimum atomic E-state index is -0.840. The maximum Gasteiger partial charge on any atom is 0.324 e. The predicted molar refractivity (Wildman–Crippen MR) is 87.5 cm³/mol. The summed E-state index contributed by atoms with van der Waals surface area (Å²) >= 11 is 0. The van der Waals surface area contributed by atoms with Crippen molar-refractivity contribution in [3.05, 3.63) is 36.0 Å². The third-order valence-electron chi connectivity index (χ3n) is 5.07. The van der Waals surface area contributed by atoms with Gasteiger partial charge in [0.25, 0.3) is 11.8 Å². The molecular formula is C17H18N4O3. The number of likely N-dealkylation sites (tertiary alicyclic amines) is 1. The first-order valence-electron chi connectivity index (χ1n) is 7.97. The zero-order valence-corrected chi connectivity index (χ0v) is 13.3. The van der Waals surface area contributed by atoms with Gasteiger partial charge in [0.2, 0.25) is 0 Å². The number of fused-ring (bicyclic) bond motifs is 1. The third kappa shape index (κ3) is 2.08. The lowest BCUT2D eigenvalue weighted by atomic mass is 9.87. The van der Waals surface area contributed by atoms with Crippen molar-refractivity contribution in [1.82, 2.24) is 20.1 Å². The van der Waals surface area contributed by atoms with Crippen LogP contribution in [0.1, 0.15) is 23.2 Å². The van der Waals surface area contributed by atoms with Crippen LogP contribution in [0.3, 0.4) is 0 Å². The van der Waals surface area contributed by atoms with Crippen molar-refractivity contribution in [3.8, 4) is 0 Å². The molecule has 124 valence electrons. The van der Waals surface area contributed by atoms with E-state index in [2.05, 4.69) is 10.3 Å². The third-order valence-corrected chi connectivity index (χ3v) is 5.07. The smallest absolute Gasteiger partial charge is 0.324 e. The average molecular weight is 326 g/mol. The SMILES string of the molecule is CN1C(=O)NC2(CCN(C(=O)c3ccc4[nH]ccc4c3)CC2)C1=O. The van der Waals surface area contributed by atoms with Gasteiger partial charge in [0.1, 0.15) is 5.54 Å². The summed E-state index contributed by atoms with van der Waals surface area (Å²) in [5, 5.41) is 3.78. The van der Waals surface area contributed by atoms with Gasteiger partial charge in [-0.25, -0.2) is 4.79 Å². The van der Waals surface area contributed by atoms with Gasteiger partial charge in [0.05, 0.1) is 0 Å². The molecule has 0 bridgehead atoms. The van der Waals surface area contributed by atoms with Crippen LogP contribution in [0.2, 0.25) is 0 Å². The molecule has 4 amide bonds. The number of amides is 4. The summed E-state index contributed by atoms with van der Waals surface area (Å²) in [7, 11) is 1.48. The number of benzene rings is 1. The van der Waals surface area contributed by atoms with Gasteiger partial charge in [-0.15, -0.1) is 0 Å². The number of aromatic amines is 1. The van der Waals surface area contributed by atoms with Gasteiger partial charge < -0.3 is 15.2 Å². The van der Waals surface area contributed by atoms with Crippen LogP contribution >= 0.6 is 0 Å². The number of carbonyl (C=O) groups is 3. The number of H-pyrrole nitrogens is 1. The Morgan fingerprint density at radius 2 is 1.92 bits per heavy atom. The molecule has 1 spiro atoms. The Labute approximate surface area is 138 Å². The number of nitrogens with zero attached hydrogens (tertiary/aromatic N) is 2. The van der Waals surface area contributed by atoms with E-state index in [4.69, 9.17) is 0 Å². The molecule has 2 N–H and O–H groups in total. The van der Waals surface area contributed by atoms with Crippen LogP contribution in [0.4, 0.5) is 4.79 Å². The molecule has 0 saturated carbocycles. The van der Waals surface area contributed by atoms with E-state index in [-0.39, 0.29) is 17.8 Å². The molecule has 1 aromatic heterocycles. The van der Waals surface area contributed by atoms with Crippen LogP contribution in [-0.2, 0) is 4.79 Å². The van der Waals surface area contributed by atoms with Gasteiger partial charge in [-0.05, 0) is 37.1 Å². The number of urea groups is 1. The normalized spacial score (nSPS) is 20.0. The summed E-state index contributed by atoms with van der Waals surface area (Å²) in [4.78, 5) is 42.7. The van der Waals surface area contributed by atoms with E-state index in [9.17, 15) is 14.4 Å². The number of imide groups is 1. The Kier molecular flexibility index (Phi) is 3.13. The van der Waals surface area contributed by atoms with E-state index in [0.29, 0.717) is 31.5 Å². The second-order valence-corrected chi connectivity index (χ2v) is 6.45. The van der Waals surface area contributed by atoms with Crippen molar-refractivity contribution in [3.63, 3.8) is 0 Å². The summed E-state index contributed by atoms with van der Waals surface area (Å²) in [6, 6.07) is 7.14. The summed E-state index contributed by atoms with van der Waals surface area (Å²) in [6.07, 6.45) is 2.73. The molecule has 4 rings (SSSR count). The fourth-order valence-corrected chi connectivity index (χ4v) is 3.55. The van der Waals surface area contributed by atoms with E-state index < -0.39 is 5.54 Å². The number of likely N-dealkylation sites (N-methyl/N-ethyl adjacent to an activating group) is 1. The Morgan fingerprint density at radius 1 is 1.17 bits per heavy atom. The van der Waals surface area contributed by atoms with Crippen molar-refractivity contribution in [1.29, 1.82) is 0 Å². The minimum Gasteiger partial charge on any atom is -0.361 e. The molecule has 0 aliphatic carbocycles. The molecule has 0 atom stereocenters. The lowest BCUT2D eigenvalue weighted by Gasteiger charge is -2.37. The summed E-state index contributed by atoms with van der Waals surface area (Å²) in [6.45, 7) is 0.897. The molecule has 1 aromatic carbocycles. The van der Waals surface area contributed by atoms with Crippen LogP contribution in [0, 0.1) is 0 Å². The number of hydrogen-bond acceptors (Lipinski definition) is 3. The zero-order valence-electron chi connectivity index (χ0n) is 13.3. The average Bonchev–Trinajstić information content (AvgIpc) is 3.14. The number of nitrogens with one attached hydrogen (secondary N) is 2. The molecule has 2 saturated heterocycles. The topological polar surface area (TPSA) is 85.5 Å². The van der Waals surface area contributed by atoms with E-state index in [1.807, 2.05) is 30.5 Å². The molecule has 2 aliphatic heterocycles. The minimum absolute atomic E-state index is 0.0434. The van der Waals surface area contributed by atoms with Gasteiger partial charge >= 0.3 is 6.03 Å². The van der Waals surface area contributed by atoms with Crippen LogP contribution in [0.25, 0.3) is 10.9 Å². The molecule has 24 heavy (non-hydrogen) atoms. The summed E-state index contributed by atoms with van der Waals surface area (Å²) in [5.41, 5.74) is 0.788. The van der Waals surface area contributed by atoms with Gasteiger partial charge in [0.15, 0.2) is 0 Å². The Hall–Kier alpha value is -2.83. The lowest BCUT2D eigenvalue weighted by Crippen LogP contribution is -2.55. The van der Waals surface area contributed by atoms with Crippen molar-refractivity contribution in [2.45, 2.75) is 18.4 Å². The monoisotopic (exact) mass is 326 g/mol. The molecule has 2 aromatic rings. The Bertz CT molecular complexity index is 848. The molecule has 7 nitrogen and oxygen atoms in total. The highest BCUT2D eigenvalue weighted by molar-refractivity contribution is 6.07. The molecule has 7 heteroatoms. The fourth-order valence-electron chi connectivity index (χ4n) is 3.55. The van der Waals surface area contributed by atoms with E-state index in [0.717, 1.165) is 15.8 Å². The second-order valence-electron chi connectivity index (χ2n) is 6.45. The molecule has 2 aliphatic rings. The van der Waals surface area contributed by atoms with Crippen LogP contribution in [0.15, 0.2) is 30.5 Å².